The zero-order valence-corrected chi connectivity index (χ0v) is 19.0. The van der Waals surface area contributed by atoms with Crippen molar-refractivity contribution < 1.29 is 18.0 Å². The number of pyridine rings is 1. The molecule has 2 fully saturated rings. The maximum Gasteiger partial charge on any atom is 0.281 e. The summed E-state index contributed by atoms with van der Waals surface area (Å²) in [4.78, 5) is 31.9. The fraction of sp³-hybridized carbons (Fsp3) is 0.320. The van der Waals surface area contributed by atoms with Crippen LogP contribution in [0.1, 0.15) is 30.3 Å². The summed E-state index contributed by atoms with van der Waals surface area (Å²) in [6.45, 7) is 3.41. The van der Waals surface area contributed by atoms with Gasteiger partial charge in [-0.2, -0.15) is 0 Å². The van der Waals surface area contributed by atoms with Crippen LogP contribution in [0.2, 0.25) is 0 Å². The number of nitrogens with two attached hydrogens (primary N) is 1. The lowest BCUT2D eigenvalue weighted by molar-refractivity contribution is -0.132. The fourth-order valence-corrected chi connectivity index (χ4v) is 4.89. The van der Waals surface area contributed by atoms with Gasteiger partial charge in [-0.05, 0) is 43.0 Å². The van der Waals surface area contributed by atoms with Crippen molar-refractivity contribution in [3.63, 3.8) is 0 Å². The molecular formula is C25H23F2N5O3. The summed E-state index contributed by atoms with van der Waals surface area (Å²) >= 11 is 0. The number of oxazole rings is 1. The third-order valence-electron chi connectivity index (χ3n) is 6.81. The van der Waals surface area contributed by atoms with E-state index in [-0.39, 0.29) is 53.3 Å². The van der Waals surface area contributed by atoms with E-state index in [1.807, 2.05) is 0 Å². The lowest BCUT2D eigenvalue weighted by Gasteiger charge is -2.25. The SMILES string of the molecule is Cc1c(-c2cc(F)c(N)cc2F)ccc2c3oc(CN4CCNCC4=O)nc3c(=O)n(C3CC3)c12. The minimum atomic E-state index is -0.710. The topological polar surface area (TPSA) is 106 Å². The Kier molecular flexibility index (Phi) is 4.89. The van der Waals surface area contributed by atoms with E-state index in [1.54, 1.807) is 28.5 Å². The lowest BCUT2D eigenvalue weighted by atomic mass is 9.96. The first-order valence-electron chi connectivity index (χ1n) is 11.5. The number of piperazine rings is 1. The van der Waals surface area contributed by atoms with Gasteiger partial charge >= 0.3 is 0 Å². The van der Waals surface area contributed by atoms with Crippen LogP contribution in [0, 0.1) is 18.6 Å². The zero-order chi connectivity index (χ0) is 24.4. The van der Waals surface area contributed by atoms with Crippen LogP contribution in [0.15, 0.2) is 33.5 Å². The van der Waals surface area contributed by atoms with Crippen LogP contribution in [0.5, 0.6) is 0 Å². The van der Waals surface area contributed by atoms with Gasteiger partial charge in [-0.1, -0.05) is 6.07 Å². The second-order valence-electron chi connectivity index (χ2n) is 9.17. The van der Waals surface area contributed by atoms with Crippen LogP contribution in [-0.2, 0) is 11.3 Å². The molecule has 1 aliphatic carbocycles. The first-order valence-corrected chi connectivity index (χ1v) is 11.5. The molecule has 6 rings (SSSR count). The van der Waals surface area contributed by atoms with Crippen LogP contribution in [0.3, 0.4) is 0 Å². The zero-order valence-electron chi connectivity index (χ0n) is 19.0. The Balaban J connectivity index is 1.56. The number of carbonyl (C=O) groups excluding carboxylic acids is 1. The van der Waals surface area contributed by atoms with Crippen molar-refractivity contribution in [3.05, 3.63) is 57.7 Å². The summed E-state index contributed by atoms with van der Waals surface area (Å²) in [5.74, 6) is -1.12. The van der Waals surface area contributed by atoms with Crippen molar-refractivity contribution in [1.82, 2.24) is 19.8 Å². The number of nitrogen functional groups attached to an aromatic ring is 1. The normalized spacial score (nSPS) is 16.5. The summed E-state index contributed by atoms with van der Waals surface area (Å²) in [6.07, 6.45) is 1.68. The van der Waals surface area contributed by atoms with E-state index >= 15 is 0 Å². The summed E-state index contributed by atoms with van der Waals surface area (Å²) in [5.41, 5.74) is 7.28. The predicted octanol–water partition coefficient (Wildman–Crippen LogP) is 3.25. The highest BCUT2D eigenvalue weighted by molar-refractivity contribution is 6.04. The molecule has 0 atom stereocenters. The van der Waals surface area contributed by atoms with Gasteiger partial charge in [0.15, 0.2) is 11.1 Å². The molecule has 8 nitrogen and oxygen atoms in total. The van der Waals surface area contributed by atoms with Gasteiger partial charge in [-0.15, -0.1) is 0 Å². The quantitative estimate of drug-likeness (QED) is 0.436. The number of fused-ring (bicyclic) bond motifs is 3. The van der Waals surface area contributed by atoms with Crippen LogP contribution in [0.25, 0.3) is 33.1 Å². The summed E-state index contributed by atoms with van der Waals surface area (Å²) in [5, 5.41) is 3.68. The number of nitrogens with zero attached hydrogens (tertiary/aromatic N) is 3. The number of nitrogens with one attached hydrogen (secondary N) is 1. The van der Waals surface area contributed by atoms with Gasteiger partial charge in [0.25, 0.3) is 5.56 Å². The van der Waals surface area contributed by atoms with Crippen molar-refractivity contribution in [3.8, 4) is 11.1 Å². The van der Waals surface area contributed by atoms with Gasteiger partial charge in [0.05, 0.1) is 24.3 Å². The smallest absolute Gasteiger partial charge is 0.281 e. The molecule has 35 heavy (non-hydrogen) atoms. The van der Waals surface area contributed by atoms with Crippen molar-refractivity contribution in [2.75, 3.05) is 25.4 Å². The number of aromatic nitrogens is 2. The van der Waals surface area contributed by atoms with Crippen LogP contribution in [0.4, 0.5) is 14.5 Å². The maximum absolute atomic E-state index is 14.8. The van der Waals surface area contributed by atoms with Gasteiger partial charge in [0.1, 0.15) is 11.6 Å². The number of carbonyl (C=O) groups is 1. The Hall–Kier alpha value is -3.79. The first-order chi connectivity index (χ1) is 16.8. The molecule has 0 bridgehead atoms. The molecule has 3 N–H and O–H groups in total. The number of benzene rings is 2. The van der Waals surface area contributed by atoms with Crippen molar-refractivity contribution in [1.29, 1.82) is 0 Å². The highest BCUT2D eigenvalue weighted by atomic mass is 19.1. The monoisotopic (exact) mass is 479 g/mol. The van der Waals surface area contributed by atoms with Crippen molar-refractivity contribution in [2.24, 2.45) is 0 Å². The summed E-state index contributed by atoms with van der Waals surface area (Å²) in [7, 11) is 0. The number of aryl methyl sites for hydroxylation is 1. The Morgan fingerprint density at radius 1 is 1.17 bits per heavy atom. The van der Waals surface area contributed by atoms with Crippen molar-refractivity contribution >= 4 is 33.6 Å². The van der Waals surface area contributed by atoms with Crippen LogP contribution >= 0.6 is 0 Å². The first kappa shape index (κ1) is 21.7. The average Bonchev–Trinajstić information content (AvgIpc) is 3.57. The average molecular weight is 479 g/mol. The van der Waals surface area contributed by atoms with E-state index in [1.165, 1.54) is 0 Å². The van der Waals surface area contributed by atoms with E-state index in [0.717, 1.165) is 25.0 Å². The maximum atomic E-state index is 14.8. The van der Waals surface area contributed by atoms with Gasteiger partial charge in [0, 0.05) is 36.1 Å². The molecule has 1 aliphatic heterocycles. The van der Waals surface area contributed by atoms with Crippen LogP contribution < -0.4 is 16.6 Å². The second-order valence-corrected chi connectivity index (χ2v) is 9.17. The molecule has 1 saturated carbocycles. The molecule has 2 aromatic carbocycles. The molecule has 0 radical (unpaired) electrons. The second kappa shape index (κ2) is 7.88. The minimum absolute atomic E-state index is 0.00578. The molecule has 1 saturated heterocycles. The number of amides is 1. The van der Waals surface area contributed by atoms with E-state index in [4.69, 9.17) is 10.2 Å². The van der Waals surface area contributed by atoms with Gasteiger partial charge in [-0.3, -0.25) is 9.59 Å². The molecular weight excluding hydrogens is 456 g/mol. The molecule has 4 aromatic rings. The van der Waals surface area contributed by atoms with Gasteiger partial charge in [-0.25, -0.2) is 13.8 Å². The van der Waals surface area contributed by atoms with Crippen LogP contribution in [-0.4, -0.2) is 40.0 Å². The summed E-state index contributed by atoms with van der Waals surface area (Å²) in [6, 6.07) is 5.48. The molecule has 0 spiro atoms. The molecule has 180 valence electrons. The molecule has 10 heteroatoms. The number of hydrogen-bond donors (Lipinski definition) is 2. The molecule has 2 aliphatic rings. The number of hydrogen-bond acceptors (Lipinski definition) is 6. The Bertz CT molecular complexity index is 1590. The Morgan fingerprint density at radius 3 is 2.71 bits per heavy atom. The predicted molar refractivity (Wildman–Crippen MR) is 127 cm³/mol. The van der Waals surface area contributed by atoms with E-state index < -0.39 is 11.6 Å². The fourth-order valence-electron chi connectivity index (χ4n) is 4.89. The molecule has 1 amide bonds. The van der Waals surface area contributed by atoms with Gasteiger partial charge in [0.2, 0.25) is 11.8 Å². The Labute approximate surface area is 198 Å². The largest absolute Gasteiger partial charge is 0.438 e. The molecule has 0 unspecified atom stereocenters. The third kappa shape index (κ3) is 3.47. The third-order valence-corrected chi connectivity index (χ3v) is 6.81. The standard InChI is InChI=1S/C25H23F2N5O3/c1-12-14(16-8-18(27)19(28)9-17(16)26)4-5-15-23(12)32(13-2-3-13)25(34)22-24(15)35-20(30-22)11-31-7-6-29-10-21(31)33/h4-5,8-9,13,29H,2-3,6-7,10-11,28H2,1H3. The summed E-state index contributed by atoms with van der Waals surface area (Å²) < 4.78 is 36.7. The highest BCUT2D eigenvalue weighted by Gasteiger charge is 2.31. The lowest BCUT2D eigenvalue weighted by Crippen LogP contribution is -2.47. The Morgan fingerprint density at radius 2 is 1.97 bits per heavy atom. The van der Waals surface area contributed by atoms with Crippen molar-refractivity contribution in [2.45, 2.75) is 32.4 Å². The number of halogens is 2. The number of anilines is 1. The minimum Gasteiger partial charge on any atom is -0.438 e. The van der Waals surface area contributed by atoms with E-state index in [2.05, 4.69) is 10.3 Å². The van der Waals surface area contributed by atoms with E-state index in [9.17, 15) is 18.4 Å². The molecule has 2 aromatic heterocycles. The highest BCUT2D eigenvalue weighted by Crippen LogP contribution is 2.41. The molecule has 3 heterocycles. The van der Waals surface area contributed by atoms with Gasteiger partial charge < -0.3 is 24.9 Å². The van der Waals surface area contributed by atoms with E-state index in [0.29, 0.717) is 40.7 Å². The number of rotatable bonds is 4.